The molecule has 0 unspecified atom stereocenters. The topological polar surface area (TPSA) is 49.7 Å². The van der Waals surface area contributed by atoms with Crippen LogP contribution >= 0.6 is 0 Å². The van der Waals surface area contributed by atoms with Gasteiger partial charge in [0.1, 0.15) is 5.60 Å². The fraction of sp³-hybridized carbons (Fsp3) is 0.273. The molecule has 3 heteroatoms. The highest BCUT2D eigenvalue weighted by atomic mass is 16.5. The zero-order chi connectivity index (χ0) is 10.3. The number of phenols is 2. The number of phenolic OH excluding ortho intramolecular Hbond substituents is 2. The summed E-state index contributed by atoms with van der Waals surface area (Å²) in [6.07, 6.45) is 3.78. The summed E-state index contributed by atoms with van der Waals surface area (Å²) in [5, 5.41) is 18.9. The van der Waals surface area contributed by atoms with E-state index in [0.29, 0.717) is 5.75 Å². The Bertz CT molecular complexity index is 405. The van der Waals surface area contributed by atoms with Crippen LogP contribution in [0.5, 0.6) is 17.2 Å². The summed E-state index contributed by atoms with van der Waals surface area (Å²) in [7, 11) is 0. The summed E-state index contributed by atoms with van der Waals surface area (Å²) in [5.74, 6) is -0.00715. The Morgan fingerprint density at radius 1 is 1.21 bits per heavy atom. The summed E-state index contributed by atoms with van der Waals surface area (Å²) in [4.78, 5) is 0. The molecule has 1 aliphatic heterocycles. The molecule has 2 N–H and O–H groups in total. The van der Waals surface area contributed by atoms with Gasteiger partial charge in [-0.25, -0.2) is 0 Å². The van der Waals surface area contributed by atoms with Crippen molar-refractivity contribution in [2.24, 2.45) is 0 Å². The molecule has 0 saturated carbocycles. The molecular formula is C11H12O3. The number of ether oxygens (including phenoxy) is 1. The van der Waals surface area contributed by atoms with Gasteiger partial charge >= 0.3 is 0 Å². The quantitative estimate of drug-likeness (QED) is 0.620. The minimum Gasteiger partial charge on any atom is -0.504 e. The predicted octanol–water partition coefficient (Wildman–Crippen LogP) is 2.28. The summed E-state index contributed by atoms with van der Waals surface area (Å²) in [6, 6.07) is 3.15. The van der Waals surface area contributed by atoms with E-state index in [2.05, 4.69) is 0 Å². The van der Waals surface area contributed by atoms with Crippen LogP contribution in [0.4, 0.5) is 0 Å². The van der Waals surface area contributed by atoms with Gasteiger partial charge in [0.05, 0.1) is 0 Å². The third-order valence-electron chi connectivity index (χ3n) is 2.17. The van der Waals surface area contributed by atoms with Gasteiger partial charge in [0.25, 0.3) is 0 Å². The van der Waals surface area contributed by atoms with Crippen molar-refractivity contribution in [3.8, 4) is 17.2 Å². The monoisotopic (exact) mass is 192 g/mol. The molecule has 2 rings (SSSR count). The van der Waals surface area contributed by atoms with Crippen molar-refractivity contribution >= 4 is 6.08 Å². The predicted molar refractivity (Wildman–Crippen MR) is 53.5 cm³/mol. The Kier molecular flexibility index (Phi) is 1.71. The lowest BCUT2D eigenvalue weighted by Crippen LogP contribution is -2.27. The van der Waals surface area contributed by atoms with Gasteiger partial charge in [0, 0.05) is 5.56 Å². The van der Waals surface area contributed by atoms with Gasteiger partial charge in [-0.1, -0.05) is 6.08 Å². The molecule has 0 radical (unpaired) electrons. The van der Waals surface area contributed by atoms with Crippen molar-refractivity contribution in [1.29, 1.82) is 0 Å². The highest BCUT2D eigenvalue weighted by Crippen LogP contribution is 2.42. The Morgan fingerprint density at radius 3 is 2.64 bits per heavy atom. The average molecular weight is 192 g/mol. The lowest BCUT2D eigenvalue weighted by atomic mass is 10.0. The van der Waals surface area contributed by atoms with Gasteiger partial charge < -0.3 is 14.9 Å². The Hall–Kier alpha value is -1.64. The van der Waals surface area contributed by atoms with Gasteiger partial charge in [-0.3, -0.25) is 0 Å². The van der Waals surface area contributed by atoms with E-state index >= 15 is 0 Å². The largest absolute Gasteiger partial charge is 0.504 e. The maximum atomic E-state index is 9.57. The molecule has 0 spiro atoms. The number of benzene rings is 1. The number of aromatic hydroxyl groups is 2. The normalized spacial score (nSPS) is 17.3. The molecule has 0 saturated heterocycles. The molecule has 0 aromatic heterocycles. The number of hydrogen-bond acceptors (Lipinski definition) is 3. The number of rotatable bonds is 0. The van der Waals surface area contributed by atoms with Crippen molar-refractivity contribution in [3.63, 3.8) is 0 Å². The van der Waals surface area contributed by atoms with Gasteiger partial charge in [-0.05, 0) is 32.1 Å². The molecule has 3 nitrogen and oxygen atoms in total. The smallest absolute Gasteiger partial charge is 0.201 e. The van der Waals surface area contributed by atoms with E-state index in [1.165, 1.54) is 6.07 Å². The van der Waals surface area contributed by atoms with Gasteiger partial charge in [0.15, 0.2) is 11.5 Å². The van der Waals surface area contributed by atoms with Crippen LogP contribution in [0.3, 0.4) is 0 Å². The van der Waals surface area contributed by atoms with Crippen LogP contribution in [0, 0.1) is 0 Å². The SMILES string of the molecule is CC1(C)C=Cc2ccc(O)c(O)c2O1. The Labute approximate surface area is 82.3 Å². The van der Waals surface area contributed by atoms with Crippen LogP contribution in [-0.2, 0) is 0 Å². The van der Waals surface area contributed by atoms with Gasteiger partial charge in [-0.2, -0.15) is 0 Å². The van der Waals surface area contributed by atoms with E-state index in [-0.39, 0.29) is 11.5 Å². The maximum Gasteiger partial charge on any atom is 0.201 e. The maximum absolute atomic E-state index is 9.57. The molecule has 74 valence electrons. The highest BCUT2D eigenvalue weighted by molar-refractivity contribution is 5.68. The van der Waals surface area contributed by atoms with Crippen molar-refractivity contribution in [2.45, 2.75) is 19.4 Å². The van der Waals surface area contributed by atoms with E-state index in [9.17, 15) is 10.2 Å². The third kappa shape index (κ3) is 1.31. The van der Waals surface area contributed by atoms with Crippen LogP contribution in [0.25, 0.3) is 6.08 Å². The molecule has 0 bridgehead atoms. The molecule has 1 aromatic carbocycles. The van der Waals surface area contributed by atoms with Crippen LogP contribution in [-0.4, -0.2) is 15.8 Å². The molecular weight excluding hydrogens is 180 g/mol. The molecule has 14 heavy (non-hydrogen) atoms. The second kappa shape index (κ2) is 2.67. The van der Waals surface area contributed by atoms with E-state index in [1.807, 2.05) is 26.0 Å². The minimum atomic E-state index is -0.446. The standard InChI is InChI=1S/C11H12O3/c1-11(2)6-5-7-3-4-8(12)9(13)10(7)14-11/h3-6,12-13H,1-2H3. The number of fused-ring (bicyclic) bond motifs is 1. The van der Waals surface area contributed by atoms with E-state index in [4.69, 9.17) is 4.74 Å². The van der Waals surface area contributed by atoms with E-state index in [0.717, 1.165) is 5.56 Å². The van der Waals surface area contributed by atoms with Crippen LogP contribution in [0.15, 0.2) is 18.2 Å². The first-order valence-corrected chi connectivity index (χ1v) is 4.43. The average Bonchev–Trinajstić information content (AvgIpc) is 2.11. The fourth-order valence-electron chi connectivity index (χ4n) is 1.40. The molecule has 0 atom stereocenters. The molecule has 0 fully saturated rings. The first-order chi connectivity index (χ1) is 6.49. The summed E-state index contributed by atoms with van der Waals surface area (Å²) < 4.78 is 5.53. The lowest BCUT2D eigenvalue weighted by molar-refractivity contribution is 0.151. The number of hydrogen-bond donors (Lipinski definition) is 2. The molecule has 0 amide bonds. The highest BCUT2D eigenvalue weighted by Gasteiger charge is 2.25. The fourth-order valence-corrected chi connectivity index (χ4v) is 1.40. The van der Waals surface area contributed by atoms with Crippen LogP contribution in [0.1, 0.15) is 19.4 Å². The second-order valence-electron chi connectivity index (χ2n) is 3.89. The summed E-state index contributed by atoms with van der Waals surface area (Å²) in [6.45, 7) is 3.77. The zero-order valence-electron chi connectivity index (χ0n) is 8.11. The first-order valence-electron chi connectivity index (χ1n) is 4.43. The van der Waals surface area contributed by atoms with Crippen molar-refractivity contribution in [3.05, 3.63) is 23.8 Å². The Morgan fingerprint density at radius 2 is 1.93 bits per heavy atom. The third-order valence-corrected chi connectivity index (χ3v) is 2.17. The molecule has 1 heterocycles. The minimum absolute atomic E-state index is 0.158. The summed E-state index contributed by atoms with van der Waals surface area (Å²) in [5.41, 5.74) is 0.331. The summed E-state index contributed by atoms with van der Waals surface area (Å²) >= 11 is 0. The Balaban J connectivity index is 2.58. The van der Waals surface area contributed by atoms with Crippen molar-refractivity contribution in [1.82, 2.24) is 0 Å². The van der Waals surface area contributed by atoms with Crippen LogP contribution < -0.4 is 4.74 Å². The van der Waals surface area contributed by atoms with E-state index in [1.54, 1.807) is 6.07 Å². The van der Waals surface area contributed by atoms with Gasteiger partial charge in [-0.15, -0.1) is 0 Å². The lowest BCUT2D eigenvalue weighted by Gasteiger charge is -2.28. The first kappa shape index (κ1) is 8.94. The van der Waals surface area contributed by atoms with Crippen molar-refractivity contribution < 1.29 is 14.9 Å². The second-order valence-corrected chi connectivity index (χ2v) is 3.89. The van der Waals surface area contributed by atoms with Gasteiger partial charge in [0.2, 0.25) is 5.75 Å². The van der Waals surface area contributed by atoms with Crippen LogP contribution in [0.2, 0.25) is 0 Å². The van der Waals surface area contributed by atoms with E-state index < -0.39 is 5.60 Å². The molecule has 1 aromatic rings. The molecule has 1 aliphatic rings. The van der Waals surface area contributed by atoms with Crippen molar-refractivity contribution in [2.75, 3.05) is 0 Å². The zero-order valence-corrected chi connectivity index (χ0v) is 8.11. The molecule has 0 aliphatic carbocycles.